The molecule has 2 N–H and O–H groups in total. The van der Waals surface area contributed by atoms with E-state index in [4.69, 9.17) is 5.73 Å². The molecule has 1 saturated heterocycles. The fourth-order valence-corrected chi connectivity index (χ4v) is 4.29. The molecule has 100 valence electrons. The largest absolute Gasteiger partial charge is 0.398 e. The molecule has 0 bridgehead atoms. The summed E-state index contributed by atoms with van der Waals surface area (Å²) in [5.74, 6) is 0.800. The molecule has 0 spiro atoms. The van der Waals surface area contributed by atoms with Gasteiger partial charge in [0.05, 0.1) is 4.90 Å². The van der Waals surface area contributed by atoms with Crippen molar-refractivity contribution < 1.29 is 8.42 Å². The summed E-state index contributed by atoms with van der Waals surface area (Å²) in [5.41, 5.74) is 6.21. The number of halogens is 1. The number of benzene rings is 1. The molecule has 2 unspecified atom stereocenters. The van der Waals surface area contributed by atoms with Gasteiger partial charge in [0.15, 0.2) is 0 Å². The van der Waals surface area contributed by atoms with Crippen LogP contribution in [0.25, 0.3) is 0 Å². The molecular formula is C12H17BrN2O2S. The lowest BCUT2D eigenvalue weighted by Crippen LogP contribution is -2.29. The molecule has 0 saturated carbocycles. The molecule has 1 aromatic rings. The number of hydrogen-bond acceptors (Lipinski definition) is 3. The lowest BCUT2D eigenvalue weighted by atomic mass is 10.0. The van der Waals surface area contributed by atoms with Crippen LogP contribution in [0.3, 0.4) is 0 Å². The van der Waals surface area contributed by atoms with E-state index in [9.17, 15) is 8.42 Å². The van der Waals surface area contributed by atoms with Crippen LogP contribution in [-0.2, 0) is 10.0 Å². The summed E-state index contributed by atoms with van der Waals surface area (Å²) in [4.78, 5) is 0.296. The van der Waals surface area contributed by atoms with Crippen LogP contribution in [0.5, 0.6) is 0 Å². The molecule has 0 amide bonds. The molecule has 0 aromatic heterocycles. The minimum absolute atomic E-state index is 0.296. The second-order valence-corrected chi connectivity index (χ2v) is 7.75. The van der Waals surface area contributed by atoms with Crippen molar-refractivity contribution in [2.75, 3.05) is 18.8 Å². The Morgan fingerprint density at radius 1 is 1.28 bits per heavy atom. The zero-order chi connectivity index (χ0) is 13.5. The van der Waals surface area contributed by atoms with Crippen LogP contribution in [0.15, 0.2) is 27.6 Å². The quantitative estimate of drug-likeness (QED) is 0.845. The highest BCUT2D eigenvalue weighted by Crippen LogP contribution is 2.30. The number of anilines is 1. The van der Waals surface area contributed by atoms with E-state index in [1.807, 2.05) is 0 Å². The van der Waals surface area contributed by atoms with Crippen molar-refractivity contribution in [1.29, 1.82) is 0 Å². The van der Waals surface area contributed by atoms with Crippen LogP contribution >= 0.6 is 15.9 Å². The zero-order valence-electron chi connectivity index (χ0n) is 10.4. The Labute approximate surface area is 116 Å². The minimum atomic E-state index is -3.40. The molecular weight excluding hydrogens is 316 g/mol. The predicted octanol–water partition coefficient (Wildman–Crippen LogP) is 2.31. The van der Waals surface area contributed by atoms with Crippen LogP contribution in [0.4, 0.5) is 5.69 Å². The van der Waals surface area contributed by atoms with Gasteiger partial charge in [-0.15, -0.1) is 0 Å². The van der Waals surface area contributed by atoms with Gasteiger partial charge < -0.3 is 5.73 Å². The van der Waals surface area contributed by atoms with Gasteiger partial charge >= 0.3 is 0 Å². The number of nitrogens with zero attached hydrogens (tertiary/aromatic N) is 1. The SMILES string of the molecule is CC1CN(S(=O)(=O)c2ccc(N)c(Br)c2)CC1C. The van der Waals surface area contributed by atoms with E-state index in [2.05, 4.69) is 29.8 Å². The molecule has 0 aliphatic carbocycles. The van der Waals surface area contributed by atoms with Crippen LogP contribution in [0, 0.1) is 11.8 Å². The number of hydrogen-bond donors (Lipinski definition) is 1. The summed E-state index contributed by atoms with van der Waals surface area (Å²) in [5, 5.41) is 0. The van der Waals surface area contributed by atoms with Crippen molar-refractivity contribution in [3.05, 3.63) is 22.7 Å². The summed E-state index contributed by atoms with van der Waals surface area (Å²) in [7, 11) is -3.40. The molecule has 1 heterocycles. The maximum Gasteiger partial charge on any atom is 0.243 e. The van der Waals surface area contributed by atoms with Crippen molar-refractivity contribution >= 4 is 31.6 Å². The molecule has 1 aliphatic heterocycles. The first-order valence-corrected chi connectivity index (χ1v) is 8.11. The molecule has 1 aliphatic rings. The van der Waals surface area contributed by atoms with Crippen LogP contribution in [0.2, 0.25) is 0 Å². The molecule has 6 heteroatoms. The Balaban J connectivity index is 2.34. The maximum absolute atomic E-state index is 12.5. The lowest BCUT2D eigenvalue weighted by Gasteiger charge is -2.16. The summed E-state index contributed by atoms with van der Waals surface area (Å²) in [6.07, 6.45) is 0. The average molecular weight is 333 g/mol. The fraction of sp³-hybridized carbons (Fsp3) is 0.500. The van der Waals surface area contributed by atoms with E-state index in [1.165, 1.54) is 0 Å². The smallest absolute Gasteiger partial charge is 0.243 e. The van der Waals surface area contributed by atoms with Gasteiger partial charge in [0, 0.05) is 23.2 Å². The molecule has 0 radical (unpaired) electrons. The third-order valence-corrected chi connectivity index (χ3v) is 6.08. The average Bonchev–Trinajstić information content (AvgIpc) is 2.64. The third-order valence-electron chi connectivity index (χ3n) is 3.56. The Kier molecular flexibility index (Phi) is 3.71. The molecule has 1 aromatic carbocycles. The predicted molar refractivity (Wildman–Crippen MR) is 75.6 cm³/mol. The molecule has 2 atom stereocenters. The Bertz CT molecular complexity index is 549. The highest BCUT2D eigenvalue weighted by atomic mass is 79.9. The standard InChI is InChI=1S/C12H17BrN2O2S/c1-8-6-15(7-9(8)2)18(16,17)10-3-4-12(14)11(13)5-10/h3-5,8-9H,6-7,14H2,1-2H3. The van der Waals surface area contributed by atoms with Gasteiger partial charge in [-0.1, -0.05) is 13.8 Å². The Hall–Kier alpha value is -0.590. The minimum Gasteiger partial charge on any atom is -0.398 e. The number of sulfonamides is 1. The first kappa shape index (κ1) is 13.8. The van der Waals surface area contributed by atoms with E-state index in [0.717, 1.165) is 0 Å². The van der Waals surface area contributed by atoms with Crippen molar-refractivity contribution in [1.82, 2.24) is 4.31 Å². The van der Waals surface area contributed by atoms with E-state index >= 15 is 0 Å². The van der Waals surface area contributed by atoms with E-state index in [1.54, 1.807) is 22.5 Å². The lowest BCUT2D eigenvalue weighted by molar-refractivity contribution is 0.463. The zero-order valence-corrected chi connectivity index (χ0v) is 12.8. The summed E-state index contributed by atoms with van der Waals surface area (Å²) in [6.45, 7) is 5.34. The highest BCUT2D eigenvalue weighted by Gasteiger charge is 2.34. The van der Waals surface area contributed by atoms with Crippen LogP contribution in [-0.4, -0.2) is 25.8 Å². The summed E-state index contributed by atoms with van der Waals surface area (Å²) >= 11 is 3.26. The van der Waals surface area contributed by atoms with E-state index in [0.29, 0.717) is 40.0 Å². The maximum atomic E-state index is 12.5. The van der Waals surface area contributed by atoms with Gasteiger partial charge in [-0.05, 0) is 46.0 Å². The van der Waals surface area contributed by atoms with Gasteiger partial charge in [0.1, 0.15) is 0 Å². The first-order chi connectivity index (χ1) is 8.32. The van der Waals surface area contributed by atoms with Gasteiger partial charge in [-0.2, -0.15) is 4.31 Å². The van der Waals surface area contributed by atoms with Crippen molar-refractivity contribution in [2.24, 2.45) is 11.8 Å². The van der Waals surface area contributed by atoms with Crippen molar-refractivity contribution in [2.45, 2.75) is 18.7 Å². The summed E-state index contributed by atoms with van der Waals surface area (Å²) < 4.78 is 27.1. The second kappa shape index (κ2) is 4.83. The molecule has 1 fully saturated rings. The monoisotopic (exact) mass is 332 g/mol. The Morgan fingerprint density at radius 3 is 2.33 bits per heavy atom. The highest BCUT2D eigenvalue weighted by molar-refractivity contribution is 9.10. The van der Waals surface area contributed by atoms with Gasteiger partial charge in [-0.3, -0.25) is 0 Å². The molecule has 4 nitrogen and oxygen atoms in total. The van der Waals surface area contributed by atoms with Crippen molar-refractivity contribution in [3.8, 4) is 0 Å². The third kappa shape index (κ3) is 2.41. The summed E-state index contributed by atoms with van der Waals surface area (Å²) in [6, 6.07) is 4.74. The topological polar surface area (TPSA) is 63.4 Å². The van der Waals surface area contributed by atoms with Gasteiger partial charge in [-0.25, -0.2) is 8.42 Å². The van der Waals surface area contributed by atoms with Crippen LogP contribution < -0.4 is 5.73 Å². The number of nitrogen functional groups attached to an aromatic ring is 1. The van der Waals surface area contributed by atoms with Gasteiger partial charge in [0.25, 0.3) is 0 Å². The van der Waals surface area contributed by atoms with Gasteiger partial charge in [0.2, 0.25) is 10.0 Å². The van der Waals surface area contributed by atoms with E-state index in [-0.39, 0.29) is 0 Å². The number of rotatable bonds is 2. The fourth-order valence-electron chi connectivity index (χ4n) is 2.09. The van der Waals surface area contributed by atoms with Crippen molar-refractivity contribution in [3.63, 3.8) is 0 Å². The molecule has 18 heavy (non-hydrogen) atoms. The van der Waals surface area contributed by atoms with Crippen LogP contribution in [0.1, 0.15) is 13.8 Å². The normalized spacial score (nSPS) is 25.5. The Morgan fingerprint density at radius 2 is 1.83 bits per heavy atom. The molecule has 2 rings (SSSR count). The number of nitrogens with two attached hydrogens (primary N) is 1. The van der Waals surface area contributed by atoms with E-state index < -0.39 is 10.0 Å². The second-order valence-electron chi connectivity index (χ2n) is 4.96. The first-order valence-electron chi connectivity index (χ1n) is 5.87.